The molecule has 0 heterocycles. The van der Waals surface area contributed by atoms with Crippen molar-refractivity contribution in [3.8, 4) is 0 Å². The van der Waals surface area contributed by atoms with Crippen LogP contribution in [-0.2, 0) is 0 Å². The predicted octanol–water partition coefficient (Wildman–Crippen LogP) is -3.20. The van der Waals surface area contributed by atoms with Gasteiger partial charge < -0.3 is 35.6 Å². The van der Waals surface area contributed by atoms with Crippen LogP contribution in [0.1, 0.15) is 24.0 Å². The van der Waals surface area contributed by atoms with Crippen molar-refractivity contribution < 1.29 is 24.8 Å². The van der Waals surface area contributed by atoms with Gasteiger partial charge in [0.25, 0.3) is 0 Å². The molecule has 20 heavy (non-hydrogen) atoms. The molecule has 0 radical (unpaired) electrons. The molecule has 0 saturated carbocycles. The molecule has 98 valence electrons. The van der Waals surface area contributed by atoms with Gasteiger partial charge in [0.1, 0.15) is 0 Å². The van der Waals surface area contributed by atoms with Gasteiger partial charge in [0.2, 0.25) is 0 Å². The topological polar surface area (TPSA) is 44.6 Å². The van der Waals surface area contributed by atoms with Gasteiger partial charge in [0.15, 0.2) is 0 Å². The molecule has 0 amide bonds. The summed E-state index contributed by atoms with van der Waals surface area (Å²) in [7, 11) is 0. The van der Waals surface area contributed by atoms with Crippen LogP contribution in [0.3, 0.4) is 0 Å². The van der Waals surface area contributed by atoms with Crippen LogP contribution < -0.4 is 24.8 Å². The molecule has 0 aromatic heterocycles. The van der Waals surface area contributed by atoms with Crippen molar-refractivity contribution in [1.29, 1.82) is 0 Å². The summed E-state index contributed by atoms with van der Waals surface area (Å²) in [5, 5.41) is 19.2. The Morgan fingerprint density at radius 2 is 1.05 bits per heavy atom. The van der Waals surface area contributed by atoms with E-state index in [4.69, 9.17) is 0 Å². The van der Waals surface area contributed by atoms with Crippen LogP contribution in [0.15, 0.2) is 49.6 Å². The van der Waals surface area contributed by atoms with E-state index in [0.717, 1.165) is 11.1 Å². The fourth-order valence-corrected chi connectivity index (χ4v) is 1.36. The summed E-state index contributed by atoms with van der Waals surface area (Å²) in [4.78, 5) is 0. The molecular weight excluding hydrogens is 316 g/mol. The van der Waals surface area contributed by atoms with E-state index >= 15 is 0 Å². The Morgan fingerprint density at radius 3 is 1.25 bits per heavy atom. The Hall–Kier alpha value is 0.152. The van der Waals surface area contributed by atoms with Gasteiger partial charge in [-0.2, -0.15) is 11.4 Å². The summed E-state index contributed by atoms with van der Waals surface area (Å²) in [6.07, 6.45) is 4.18. The Morgan fingerprint density at radius 1 is 0.800 bits per heavy atom. The Labute approximate surface area is 165 Å². The Bertz CT molecular complexity index is 390. The van der Waals surface area contributed by atoms with Gasteiger partial charge in [0.05, 0.1) is 0 Å². The van der Waals surface area contributed by atoms with Crippen molar-refractivity contribution >= 4 is 57.5 Å². The Kier molecular flexibility index (Phi) is 22.0. The fraction of sp³-hybridized carbons (Fsp3) is 0.143. The summed E-state index contributed by atoms with van der Waals surface area (Å²) in [6.45, 7) is 7.12. The summed E-state index contributed by atoms with van der Waals surface area (Å²) in [6, 6.07) is 7.09. The van der Waals surface area contributed by atoms with Gasteiger partial charge in [-0.15, -0.1) is 13.2 Å². The minimum Gasteiger partial charge on any atom is -1.00 e. The minimum absolute atomic E-state index is 0. The normalized spacial score (nSPS) is 7.60. The van der Waals surface area contributed by atoms with E-state index in [9.17, 15) is 10.8 Å². The van der Waals surface area contributed by atoms with Crippen LogP contribution in [-0.4, -0.2) is 57.5 Å². The first-order valence-electron chi connectivity index (χ1n) is 5.11. The number of rotatable bonds is 6. The van der Waals surface area contributed by atoms with Crippen molar-refractivity contribution in [3.63, 3.8) is 0 Å². The monoisotopic (exact) mass is 328 g/mol. The molecule has 0 N–H and O–H groups in total. The molecular formula is C14H14Cl2Mg2N2. The molecule has 0 spiro atoms. The summed E-state index contributed by atoms with van der Waals surface area (Å²) in [5.74, 6) is 0. The van der Waals surface area contributed by atoms with Crippen molar-refractivity contribution in [2.45, 2.75) is 12.8 Å². The van der Waals surface area contributed by atoms with E-state index in [1.165, 1.54) is 0 Å². The van der Waals surface area contributed by atoms with E-state index in [-0.39, 0.29) is 82.3 Å². The van der Waals surface area contributed by atoms with E-state index in [1.807, 2.05) is 0 Å². The fourth-order valence-electron chi connectivity index (χ4n) is 1.36. The molecule has 2 nitrogen and oxygen atoms in total. The molecule has 0 aliphatic carbocycles. The molecule has 0 aliphatic rings. The smallest absolute Gasteiger partial charge is 1.00 e. The molecule has 1 aromatic rings. The average Bonchev–Trinajstić information content (AvgIpc) is 2.30. The zero-order valence-corrected chi connectivity index (χ0v) is 15.7. The van der Waals surface area contributed by atoms with Crippen LogP contribution in [0, 0.1) is 0 Å². The minimum atomic E-state index is 0. The third-order valence-corrected chi connectivity index (χ3v) is 2.23. The van der Waals surface area contributed by atoms with Crippen molar-refractivity contribution in [3.05, 3.63) is 71.5 Å². The summed E-state index contributed by atoms with van der Waals surface area (Å²) in [5.41, 5.74) is 2.06. The number of nitrogens with zero attached hydrogens (tertiary/aromatic N) is 2. The number of allylic oxidation sites excluding steroid dienone is 2. The van der Waals surface area contributed by atoms with Gasteiger partial charge >= 0.3 is 46.1 Å². The third-order valence-electron chi connectivity index (χ3n) is 2.23. The maximum atomic E-state index is 9.61. The van der Waals surface area contributed by atoms with Gasteiger partial charge in [0, 0.05) is 0 Å². The quantitative estimate of drug-likeness (QED) is 0.300. The third kappa shape index (κ3) is 9.16. The second-order valence-corrected chi connectivity index (χ2v) is 3.46. The molecule has 0 aliphatic heterocycles. The van der Waals surface area contributed by atoms with Crippen LogP contribution in [0.4, 0.5) is 0 Å². The van der Waals surface area contributed by atoms with Gasteiger partial charge in [-0.05, 0) is 24.0 Å². The molecule has 0 bridgehead atoms. The van der Waals surface area contributed by atoms with Gasteiger partial charge in [-0.1, -0.05) is 36.4 Å². The van der Waals surface area contributed by atoms with Crippen molar-refractivity contribution in [1.82, 2.24) is 0 Å². The van der Waals surface area contributed by atoms with E-state index < -0.39 is 0 Å². The summed E-state index contributed by atoms with van der Waals surface area (Å²) < 4.78 is 0. The maximum absolute atomic E-state index is 9.61. The second kappa shape index (κ2) is 15.5. The zero-order chi connectivity index (χ0) is 12.0. The largest absolute Gasteiger partial charge is 2.00 e. The SMILES string of the molecule is C=CCC(=[N-])c1ccc(C(=[N-])CC=C)cc1.[Cl-].[Cl-].[Mg+2].[Mg+2]. The molecule has 0 saturated heterocycles. The van der Waals surface area contributed by atoms with Crippen LogP contribution >= 0.6 is 0 Å². The zero-order valence-electron chi connectivity index (χ0n) is 11.4. The van der Waals surface area contributed by atoms with Gasteiger partial charge in [-0.3, -0.25) is 0 Å². The predicted molar refractivity (Wildman–Crippen MR) is 82.5 cm³/mol. The molecule has 1 rings (SSSR count). The summed E-state index contributed by atoms with van der Waals surface area (Å²) >= 11 is 0. The first kappa shape index (κ1) is 28.3. The first-order chi connectivity index (χ1) is 7.69. The molecule has 0 atom stereocenters. The van der Waals surface area contributed by atoms with E-state index in [1.54, 1.807) is 36.4 Å². The second-order valence-electron chi connectivity index (χ2n) is 3.46. The van der Waals surface area contributed by atoms with Crippen LogP contribution in [0.25, 0.3) is 10.8 Å². The standard InChI is InChI=1S/C14H14N2.2ClH.2Mg/c1-3-5-13(15)11-7-9-12(10-8-11)14(16)6-4-2;;;;/h3-4,7-10H,1-2,5-6H2;2*1H;;/q-2;;;2*+2/p-2. The van der Waals surface area contributed by atoms with E-state index in [0.29, 0.717) is 12.8 Å². The molecule has 0 fully saturated rings. The van der Waals surface area contributed by atoms with E-state index in [2.05, 4.69) is 13.2 Å². The first-order valence-corrected chi connectivity index (χ1v) is 5.11. The number of benzene rings is 1. The van der Waals surface area contributed by atoms with Crippen molar-refractivity contribution in [2.75, 3.05) is 0 Å². The molecule has 6 heteroatoms. The molecule has 1 aromatic carbocycles. The van der Waals surface area contributed by atoms with Crippen molar-refractivity contribution in [2.24, 2.45) is 0 Å². The number of hydrogen-bond donors (Lipinski definition) is 0. The average molecular weight is 330 g/mol. The molecule has 0 unspecified atom stereocenters. The Balaban J connectivity index is -0.000000320. The number of halogens is 2. The number of hydrogen-bond acceptors (Lipinski definition) is 0. The van der Waals surface area contributed by atoms with Crippen LogP contribution in [0.5, 0.6) is 0 Å². The van der Waals surface area contributed by atoms with Crippen LogP contribution in [0.2, 0.25) is 0 Å². The maximum Gasteiger partial charge on any atom is 2.00 e. The van der Waals surface area contributed by atoms with Gasteiger partial charge in [-0.25, -0.2) is 0 Å².